The topological polar surface area (TPSA) is 97.0 Å². The number of fused-ring (bicyclic) bond motifs is 1. The van der Waals surface area contributed by atoms with Crippen LogP contribution in [0.5, 0.6) is 5.75 Å². The zero-order valence-corrected chi connectivity index (χ0v) is 19.7. The molecule has 0 amide bonds. The van der Waals surface area contributed by atoms with E-state index in [4.69, 9.17) is 0 Å². The molecular formula is C24H17F5N4O3S. The van der Waals surface area contributed by atoms with Crippen LogP contribution in [0.2, 0.25) is 0 Å². The van der Waals surface area contributed by atoms with Crippen LogP contribution in [0.3, 0.4) is 0 Å². The molecule has 4 aromatic rings. The number of halogens is 5. The summed E-state index contributed by atoms with van der Waals surface area (Å²) in [5.74, 6) is -0.146. The molecule has 13 heteroatoms. The highest BCUT2D eigenvalue weighted by Gasteiger charge is 2.39. The first-order valence-corrected chi connectivity index (χ1v) is 12.0. The lowest BCUT2D eigenvalue weighted by atomic mass is 10.1. The Hall–Kier alpha value is -4.02. The minimum absolute atomic E-state index is 0.120. The molecule has 0 fully saturated rings. The first kappa shape index (κ1) is 26.1. The maximum Gasteiger partial charge on any atom is 0.404 e. The van der Waals surface area contributed by atoms with E-state index >= 15 is 0 Å². The van der Waals surface area contributed by atoms with Gasteiger partial charge in [0.25, 0.3) is 0 Å². The summed E-state index contributed by atoms with van der Waals surface area (Å²) >= 11 is 0. The summed E-state index contributed by atoms with van der Waals surface area (Å²) in [5, 5.41) is 10.3. The maximum absolute atomic E-state index is 12.8. The van der Waals surface area contributed by atoms with Crippen LogP contribution in [-0.4, -0.2) is 36.8 Å². The standard InChI is InChI=1S/C24H17F5N4O3S/c1-14(24(27,28)29)32-37(34,35)17-8-10-20(31-13-17)22-19(12-30)18-9-7-16(36-23(25)26)11-21(18)33(22)15-5-3-2-4-6-15/h2-11,13-14,23,32H,1H3/t14-/m0/s1. The fraction of sp³-hybridized carbons (Fsp3) is 0.167. The number of hydrogen-bond acceptors (Lipinski definition) is 5. The number of rotatable bonds is 7. The summed E-state index contributed by atoms with van der Waals surface area (Å²) in [6, 6.07) is 14.7. The number of para-hydroxylation sites is 1. The molecule has 2 heterocycles. The van der Waals surface area contributed by atoms with Gasteiger partial charge in [-0.05, 0) is 43.3 Å². The van der Waals surface area contributed by atoms with Crippen molar-refractivity contribution in [1.82, 2.24) is 14.3 Å². The van der Waals surface area contributed by atoms with Gasteiger partial charge in [0.15, 0.2) is 0 Å². The molecule has 0 radical (unpaired) electrons. The van der Waals surface area contributed by atoms with Gasteiger partial charge in [0, 0.05) is 23.3 Å². The zero-order valence-electron chi connectivity index (χ0n) is 18.9. The quantitative estimate of drug-likeness (QED) is 0.319. The van der Waals surface area contributed by atoms with Gasteiger partial charge >= 0.3 is 12.8 Å². The van der Waals surface area contributed by atoms with E-state index in [1.165, 1.54) is 24.3 Å². The number of benzene rings is 2. The lowest BCUT2D eigenvalue weighted by Gasteiger charge is -2.17. The van der Waals surface area contributed by atoms with Crippen LogP contribution in [0.15, 0.2) is 71.8 Å². The second-order valence-corrected chi connectivity index (χ2v) is 9.54. The molecule has 0 unspecified atom stereocenters. The molecular weight excluding hydrogens is 519 g/mol. The average molecular weight is 536 g/mol. The van der Waals surface area contributed by atoms with Crippen molar-refractivity contribution < 1.29 is 35.1 Å². The number of nitrogens with one attached hydrogen (secondary N) is 1. The first-order chi connectivity index (χ1) is 17.4. The third-order valence-corrected chi connectivity index (χ3v) is 6.93. The Balaban J connectivity index is 1.88. The van der Waals surface area contributed by atoms with Crippen LogP contribution < -0.4 is 9.46 Å². The molecule has 2 aromatic carbocycles. The van der Waals surface area contributed by atoms with Crippen molar-refractivity contribution in [3.05, 3.63) is 72.4 Å². The van der Waals surface area contributed by atoms with Gasteiger partial charge < -0.3 is 9.30 Å². The molecule has 37 heavy (non-hydrogen) atoms. The van der Waals surface area contributed by atoms with Crippen LogP contribution in [0.4, 0.5) is 22.0 Å². The molecule has 0 aliphatic carbocycles. The van der Waals surface area contributed by atoms with Gasteiger partial charge in [-0.3, -0.25) is 4.98 Å². The zero-order chi connectivity index (χ0) is 27.0. The van der Waals surface area contributed by atoms with Crippen LogP contribution in [-0.2, 0) is 10.0 Å². The summed E-state index contributed by atoms with van der Waals surface area (Å²) in [6.07, 6.45) is -3.91. The van der Waals surface area contributed by atoms with E-state index in [-0.39, 0.29) is 22.7 Å². The maximum atomic E-state index is 12.8. The molecule has 2 aromatic heterocycles. The van der Waals surface area contributed by atoms with Gasteiger partial charge in [0.05, 0.1) is 22.5 Å². The number of nitrogens with zero attached hydrogens (tertiary/aromatic N) is 3. The predicted octanol–water partition coefficient (Wildman–Crippen LogP) is 5.39. The van der Waals surface area contributed by atoms with Crippen LogP contribution in [0.25, 0.3) is 28.0 Å². The Morgan fingerprint density at radius 3 is 2.35 bits per heavy atom. The minimum atomic E-state index is -4.79. The normalized spacial score (nSPS) is 13.0. The molecule has 1 N–H and O–H groups in total. The van der Waals surface area contributed by atoms with Crippen molar-refractivity contribution in [3.63, 3.8) is 0 Å². The molecule has 0 spiro atoms. The van der Waals surface area contributed by atoms with Crippen molar-refractivity contribution in [1.29, 1.82) is 5.26 Å². The van der Waals surface area contributed by atoms with E-state index in [1.807, 2.05) is 0 Å². The highest BCUT2D eigenvalue weighted by Crippen LogP contribution is 2.37. The number of alkyl halides is 5. The average Bonchev–Trinajstić information content (AvgIpc) is 3.17. The van der Waals surface area contributed by atoms with Gasteiger partial charge in [-0.2, -0.15) is 31.9 Å². The van der Waals surface area contributed by atoms with Gasteiger partial charge in [0.2, 0.25) is 10.0 Å². The summed E-state index contributed by atoms with van der Waals surface area (Å²) in [6.45, 7) is -2.40. The Morgan fingerprint density at radius 1 is 1.08 bits per heavy atom. The van der Waals surface area contributed by atoms with Crippen molar-refractivity contribution in [3.8, 4) is 28.9 Å². The molecule has 4 rings (SSSR count). The van der Waals surface area contributed by atoms with Gasteiger partial charge in [-0.1, -0.05) is 18.2 Å². The van der Waals surface area contributed by atoms with Gasteiger partial charge in [-0.25, -0.2) is 8.42 Å². The summed E-state index contributed by atoms with van der Waals surface area (Å²) in [5.41, 5.74) is 1.34. The number of nitriles is 1. The molecule has 1 atom stereocenters. The second-order valence-electron chi connectivity index (χ2n) is 7.83. The Kier molecular flexibility index (Phi) is 6.90. The Bertz CT molecular complexity index is 1580. The van der Waals surface area contributed by atoms with Gasteiger partial charge in [-0.15, -0.1) is 0 Å². The van der Waals surface area contributed by atoms with Crippen LogP contribution in [0.1, 0.15) is 12.5 Å². The lowest BCUT2D eigenvalue weighted by Crippen LogP contribution is -2.42. The largest absolute Gasteiger partial charge is 0.435 e. The first-order valence-electron chi connectivity index (χ1n) is 10.6. The molecule has 0 aliphatic rings. The van der Waals surface area contributed by atoms with Crippen LogP contribution in [0, 0.1) is 11.3 Å². The monoisotopic (exact) mass is 536 g/mol. The van der Waals surface area contributed by atoms with E-state index < -0.39 is 33.7 Å². The number of hydrogen-bond donors (Lipinski definition) is 1. The molecule has 192 valence electrons. The van der Waals surface area contributed by atoms with Crippen molar-refractivity contribution in [2.24, 2.45) is 0 Å². The number of aromatic nitrogens is 2. The third-order valence-electron chi connectivity index (χ3n) is 5.40. The molecule has 0 aliphatic heterocycles. The number of sulfonamides is 1. The van der Waals surface area contributed by atoms with E-state index in [0.29, 0.717) is 23.5 Å². The molecule has 0 saturated heterocycles. The smallest absolute Gasteiger partial charge is 0.404 e. The SMILES string of the molecule is C[C@H](NS(=O)(=O)c1ccc(-c2c(C#N)c3ccc(OC(F)F)cc3n2-c2ccccc2)nc1)C(F)(F)F. The fourth-order valence-electron chi connectivity index (χ4n) is 3.69. The third kappa shape index (κ3) is 5.25. The highest BCUT2D eigenvalue weighted by atomic mass is 32.2. The van der Waals surface area contributed by atoms with E-state index in [9.17, 15) is 35.6 Å². The van der Waals surface area contributed by atoms with Crippen molar-refractivity contribution >= 4 is 20.9 Å². The van der Waals surface area contributed by atoms with E-state index in [0.717, 1.165) is 12.3 Å². The highest BCUT2D eigenvalue weighted by molar-refractivity contribution is 7.89. The second kappa shape index (κ2) is 9.79. The number of ether oxygens (including phenoxy) is 1. The van der Waals surface area contributed by atoms with Gasteiger partial charge in [0.1, 0.15) is 22.8 Å². The Morgan fingerprint density at radius 2 is 1.78 bits per heavy atom. The molecule has 7 nitrogen and oxygen atoms in total. The van der Waals surface area contributed by atoms with E-state index in [1.54, 1.807) is 39.6 Å². The summed E-state index contributed by atoms with van der Waals surface area (Å²) in [4.78, 5) is 3.61. The van der Waals surface area contributed by atoms with Crippen molar-refractivity contribution in [2.45, 2.75) is 30.6 Å². The fourth-order valence-corrected chi connectivity index (χ4v) is 4.87. The van der Waals surface area contributed by atoms with E-state index in [2.05, 4.69) is 15.8 Å². The van der Waals surface area contributed by atoms with Crippen LogP contribution >= 0.6 is 0 Å². The predicted molar refractivity (Wildman–Crippen MR) is 124 cm³/mol. The lowest BCUT2D eigenvalue weighted by molar-refractivity contribution is -0.147. The summed E-state index contributed by atoms with van der Waals surface area (Å²) < 4.78 is 96.7. The molecule has 0 saturated carbocycles. The number of pyridine rings is 1. The minimum Gasteiger partial charge on any atom is -0.435 e. The molecule has 0 bridgehead atoms. The Labute approximate surface area is 207 Å². The van der Waals surface area contributed by atoms with Crippen molar-refractivity contribution in [2.75, 3.05) is 0 Å². The summed E-state index contributed by atoms with van der Waals surface area (Å²) in [7, 11) is -4.55.